The molecule has 0 radical (unpaired) electrons. The van der Waals surface area contributed by atoms with Gasteiger partial charge in [0, 0.05) is 5.56 Å². The van der Waals surface area contributed by atoms with Gasteiger partial charge in [-0.2, -0.15) is 0 Å². The van der Waals surface area contributed by atoms with Gasteiger partial charge in [-0.15, -0.1) is 0 Å². The summed E-state index contributed by atoms with van der Waals surface area (Å²) in [5, 5.41) is 2.41. The molecule has 5 rings (SSSR count). The average molecular weight is 359 g/mol. The number of hydrogen-bond donors (Lipinski definition) is 0. The summed E-state index contributed by atoms with van der Waals surface area (Å²) < 4.78 is 6.17. The SMILES string of the molecule is c1ccc(-c2c[o+]c(-c3cccc4ccccc34)cc2-c2ccccc2)cc1. The molecule has 1 heterocycles. The lowest BCUT2D eigenvalue weighted by atomic mass is 9.94. The second-order valence-electron chi connectivity index (χ2n) is 6.83. The first-order valence-electron chi connectivity index (χ1n) is 9.45. The van der Waals surface area contributed by atoms with E-state index in [4.69, 9.17) is 4.42 Å². The highest BCUT2D eigenvalue weighted by Crippen LogP contribution is 2.37. The molecule has 0 amide bonds. The number of rotatable bonds is 3. The fraction of sp³-hybridized carbons (Fsp3) is 0. The third-order valence-corrected chi connectivity index (χ3v) is 5.09. The van der Waals surface area contributed by atoms with E-state index in [-0.39, 0.29) is 0 Å². The molecule has 0 aliphatic carbocycles. The predicted molar refractivity (Wildman–Crippen MR) is 117 cm³/mol. The first-order chi connectivity index (χ1) is 13.9. The van der Waals surface area contributed by atoms with E-state index in [1.807, 2.05) is 18.4 Å². The Hall–Kier alpha value is -3.71. The summed E-state index contributed by atoms with van der Waals surface area (Å²) in [7, 11) is 0. The van der Waals surface area contributed by atoms with E-state index in [0.717, 1.165) is 22.5 Å². The average Bonchev–Trinajstić information content (AvgIpc) is 2.79. The van der Waals surface area contributed by atoms with Crippen LogP contribution in [0.15, 0.2) is 120 Å². The Morgan fingerprint density at radius 2 is 1.07 bits per heavy atom. The molecule has 0 bridgehead atoms. The number of hydrogen-bond acceptors (Lipinski definition) is 0. The van der Waals surface area contributed by atoms with Crippen LogP contribution in [-0.4, -0.2) is 0 Å². The van der Waals surface area contributed by atoms with Gasteiger partial charge in [0.1, 0.15) is 0 Å². The van der Waals surface area contributed by atoms with Crippen LogP contribution < -0.4 is 0 Å². The summed E-state index contributed by atoms with van der Waals surface area (Å²) in [5.74, 6) is 0.871. The van der Waals surface area contributed by atoms with Gasteiger partial charge in [-0.3, -0.25) is 0 Å². The Morgan fingerprint density at radius 1 is 0.464 bits per heavy atom. The molecule has 4 aromatic carbocycles. The molecule has 0 N–H and O–H groups in total. The van der Waals surface area contributed by atoms with Crippen molar-refractivity contribution in [3.63, 3.8) is 0 Å². The van der Waals surface area contributed by atoms with Crippen molar-refractivity contribution < 1.29 is 4.42 Å². The molecular formula is C27H19O+. The van der Waals surface area contributed by atoms with Crippen LogP contribution in [-0.2, 0) is 0 Å². The first kappa shape index (κ1) is 16.5. The quantitative estimate of drug-likeness (QED) is 0.300. The van der Waals surface area contributed by atoms with Crippen molar-refractivity contribution in [1.82, 2.24) is 0 Å². The van der Waals surface area contributed by atoms with Crippen molar-refractivity contribution in [1.29, 1.82) is 0 Å². The minimum atomic E-state index is 0.871. The second-order valence-corrected chi connectivity index (χ2v) is 6.83. The summed E-state index contributed by atoms with van der Waals surface area (Å²) in [6.45, 7) is 0. The van der Waals surface area contributed by atoms with Gasteiger partial charge in [0.05, 0.1) is 17.2 Å². The van der Waals surface area contributed by atoms with Gasteiger partial charge in [0.15, 0.2) is 0 Å². The molecule has 132 valence electrons. The molecule has 0 aliphatic rings. The molecule has 1 nitrogen and oxygen atoms in total. The molecule has 28 heavy (non-hydrogen) atoms. The first-order valence-corrected chi connectivity index (χ1v) is 9.45. The van der Waals surface area contributed by atoms with Crippen LogP contribution in [0.5, 0.6) is 0 Å². The number of fused-ring (bicyclic) bond motifs is 1. The number of benzene rings is 4. The van der Waals surface area contributed by atoms with E-state index in [2.05, 4.69) is 97.1 Å². The molecule has 5 aromatic rings. The van der Waals surface area contributed by atoms with E-state index >= 15 is 0 Å². The van der Waals surface area contributed by atoms with E-state index in [1.54, 1.807) is 0 Å². The van der Waals surface area contributed by atoms with Crippen LogP contribution in [0.2, 0.25) is 0 Å². The lowest BCUT2D eigenvalue weighted by Gasteiger charge is -2.07. The minimum Gasteiger partial charge on any atom is -0.215 e. The maximum absolute atomic E-state index is 6.17. The zero-order chi connectivity index (χ0) is 18.8. The second kappa shape index (κ2) is 7.13. The predicted octanol–water partition coefficient (Wildman–Crippen LogP) is 7.71. The van der Waals surface area contributed by atoms with Gasteiger partial charge in [-0.1, -0.05) is 97.1 Å². The Labute approximate surface area is 164 Å². The van der Waals surface area contributed by atoms with Gasteiger partial charge in [-0.25, -0.2) is 4.42 Å². The fourth-order valence-corrected chi connectivity index (χ4v) is 3.71. The zero-order valence-electron chi connectivity index (χ0n) is 15.4. The van der Waals surface area contributed by atoms with Crippen LogP contribution >= 0.6 is 0 Å². The summed E-state index contributed by atoms with van der Waals surface area (Å²) >= 11 is 0. The van der Waals surface area contributed by atoms with Gasteiger partial charge >= 0.3 is 12.0 Å². The summed E-state index contributed by atoms with van der Waals surface area (Å²) in [5.41, 5.74) is 5.69. The van der Waals surface area contributed by atoms with E-state index < -0.39 is 0 Å². The lowest BCUT2D eigenvalue weighted by Crippen LogP contribution is -1.88. The van der Waals surface area contributed by atoms with Crippen molar-refractivity contribution in [3.8, 4) is 33.6 Å². The van der Waals surface area contributed by atoms with E-state index in [0.29, 0.717) is 0 Å². The summed E-state index contributed by atoms with van der Waals surface area (Å²) in [4.78, 5) is 0. The highest BCUT2D eigenvalue weighted by molar-refractivity contribution is 5.96. The van der Waals surface area contributed by atoms with Crippen LogP contribution in [0.3, 0.4) is 0 Å². The third-order valence-electron chi connectivity index (χ3n) is 5.09. The highest BCUT2D eigenvalue weighted by Gasteiger charge is 2.20. The summed E-state index contributed by atoms with van der Waals surface area (Å²) in [6.07, 6.45) is 1.88. The van der Waals surface area contributed by atoms with Gasteiger partial charge in [0.2, 0.25) is 0 Å². The molecule has 0 unspecified atom stereocenters. The molecule has 1 aromatic heterocycles. The van der Waals surface area contributed by atoms with Crippen LogP contribution in [0.1, 0.15) is 0 Å². The maximum Gasteiger partial charge on any atom is 0.361 e. The van der Waals surface area contributed by atoms with Crippen molar-refractivity contribution in [2.75, 3.05) is 0 Å². The standard InChI is InChI=1S/C27H19O/c1-3-10-21(11-4-1)25-18-27(28-19-26(25)22-12-5-2-6-13-22)24-17-9-15-20-14-7-8-16-23(20)24/h1-19H/q+1. The zero-order valence-corrected chi connectivity index (χ0v) is 15.4. The largest absolute Gasteiger partial charge is 0.361 e. The van der Waals surface area contributed by atoms with Crippen molar-refractivity contribution in [3.05, 3.63) is 115 Å². The topological polar surface area (TPSA) is 11.3 Å². The van der Waals surface area contributed by atoms with E-state index in [1.165, 1.54) is 21.9 Å². The molecule has 0 spiro atoms. The van der Waals surface area contributed by atoms with Crippen LogP contribution in [0, 0.1) is 0 Å². The normalized spacial score (nSPS) is 10.9. The lowest BCUT2D eigenvalue weighted by molar-refractivity contribution is 0.569. The highest BCUT2D eigenvalue weighted by atomic mass is 16.3. The smallest absolute Gasteiger partial charge is 0.215 e. The molecule has 0 aliphatic heterocycles. The molecule has 1 heteroatoms. The third kappa shape index (κ3) is 2.97. The molecular weight excluding hydrogens is 340 g/mol. The Morgan fingerprint density at radius 3 is 1.82 bits per heavy atom. The van der Waals surface area contributed by atoms with Crippen LogP contribution in [0.4, 0.5) is 0 Å². The van der Waals surface area contributed by atoms with Gasteiger partial charge in [-0.05, 0) is 28.0 Å². The van der Waals surface area contributed by atoms with Crippen molar-refractivity contribution >= 4 is 10.8 Å². The molecule has 0 saturated heterocycles. The molecule has 0 fully saturated rings. The minimum absolute atomic E-state index is 0.871. The molecule has 0 saturated carbocycles. The Kier molecular flexibility index (Phi) is 4.19. The van der Waals surface area contributed by atoms with Crippen molar-refractivity contribution in [2.45, 2.75) is 0 Å². The molecule has 0 atom stereocenters. The van der Waals surface area contributed by atoms with E-state index in [9.17, 15) is 0 Å². The van der Waals surface area contributed by atoms with Crippen molar-refractivity contribution in [2.24, 2.45) is 0 Å². The summed E-state index contributed by atoms with van der Waals surface area (Å²) in [6, 6.07) is 37.8. The fourth-order valence-electron chi connectivity index (χ4n) is 3.71. The van der Waals surface area contributed by atoms with Crippen LogP contribution in [0.25, 0.3) is 44.3 Å². The van der Waals surface area contributed by atoms with Gasteiger partial charge < -0.3 is 0 Å². The van der Waals surface area contributed by atoms with Gasteiger partial charge in [0.25, 0.3) is 0 Å². The Balaban J connectivity index is 1.75. The Bertz CT molecular complexity index is 1240. The maximum atomic E-state index is 6.17. The monoisotopic (exact) mass is 359 g/mol.